The highest BCUT2D eigenvalue weighted by Gasteiger charge is 2.36. The van der Waals surface area contributed by atoms with Gasteiger partial charge in [-0.05, 0) is 39.0 Å². The third-order valence-electron chi connectivity index (χ3n) is 3.75. The fraction of sp³-hybridized carbons (Fsp3) is 0.933. The maximum atomic E-state index is 11.5. The number of amides is 1. The van der Waals surface area contributed by atoms with E-state index in [4.69, 9.17) is 10.5 Å². The minimum Gasteiger partial charge on any atom is -0.381 e. The molecule has 0 spiro atoms. The van der Waals surface area contributed by atoms with Crippen LogP contribution in [-0.4, -0.2) is 30.7 Å². The minimum absolute atomic E-state index is 0.248. The van der Waals surface area contributed by atoms with Gasteiger partial charge in [-0.2, -0.15) is 0 Å². The first kappa shape index (κ1) is 16.4. The van der Waals surface area contributed by atoms with Gasteiger partial charge in [-0.25, -0.2) is 0 Å². The number of carbonyl (C=O) groups is 1. The lowest BCUT2D eigenvalue weighted by Crippen LogP contribution is -2.54. The molecule has 112 valence electrons. The van der Waals surface area contributed by atoms with Crippen LogP contribution in [0.2, 0.25) is 0 Å². The second-order valence-corrected chi connectivity index (χ2v) is 5.89. The van der Waals surface area contributed by atoms with Gasteiger partial charge in [0.25, 0.3) is 0 Å². The van der Waals surface area contributed by atoms with Gasteiger partial charge in [0.15, 0.2) is 0 Å². The number of hydrogen-bond donors (Lipinski definition) is 2. The lowest BCUT2D eigenvalue weighted by Gasteiger charge is -2.27. The molecule has 0 aromatic carbocycles. The summed E-state index contributed by atoms with van der Waals surface area (Å²) in [5.74, 6) is -0.248. The van der Waals surface area contributed by atoms with Gasteiger partial charge < -0.3 is 15.8 Å². The molecule has 0 aromatic rings. The molecule has 4 heteroatoms. The molecule has 3 N–H and O–H groups in total. The zero-order valence-electron chi connectivity index (χ0n) is 12.5. The topological polar surface area (TPSA) is 64.3 Å². The summed E-state index contributed by atoms with van der Waals surface area (Å²) in [5, 5.41) is 3.36. The fourth-order valence-electron chi connectivity index (χ4n) is 2.21. The molecule has 0 bridgehead atoms. The highest BCUT2D eigenvalue weighted by atomic mass is 16.5. The molecular formula is C15H30N2O2. The number of nitrogens with two attached hydrogens (primary N) is 1. The Kier molecular flexibility index (Phi) is 7.39. The van der Waals surface area contributed by atoms with Crippen LogP contribution >= 0.6 is 0 Å². The van der Waals surface area contributed by atoms with Crippen LogP contribution in [0.1, 0.15) is 65.2 Å². The summed E-state index contributed by atoms with van der Waals surface area (Å²) in [6, 6.07) is 0.493. The molecule has 1 aliphatic rings. The van der Waals surface area contributed by atoms with E-state index in [-0.39, 0.29) is 5.91 Å². The van der Waals surface area contributed by atoms with Crippen molar-refractivity contribution in [1.82, 2.24) is 5.32 Å². The van der Waals surface area contributed by atoms with Crippen LogP contribution in [0.3, 0.4) is 0 Å². The molecule has 0 aliphatic heterocycles. The van der Waals surface area contributed by atoms with E-state index in [1.54, 1.807) is 0 Å². The van der Waals surface area contributed by atoms with Crippen LogP contribution in [0.4, 0.5) is 0 Å². The maximum absolute atomic E-state index is 11.5. The van der Waals surface area contributed by atoms with E-state index in [1.165, 1.54) is 19.3 Å². The van der Waals surface area contributed by atoms with Crippen LogP contribution in [0, 0.1) is 0 Å². The minimum atomic E-state index is -0.563. The summed E-state index contributed by atoms with van der Waals surface area (Å²) in [7, 11) is 0. The predicted molar refractivity (Wildman–Crippen MR) is 78.0 cm³/mol. The van der Waals surface area contributed by atoms with Crippen molar-refractivity contribution in [2.24, 2.45) is 5.73 Å². The maximum Gasteiger partial charge on any atom is 0.237 e. The number of carbonyl (C=O) groups excluding carboxylic acids is 1. The van der Waals surface area contributed by atoms with Crippen molar-refractivity contribution in [2.75, 3.05) is 13.2 Å². The molecule has 0 aromatic heterocycles. The van der Waals surface area contributed by atoms with Gasteiger partial charge >= 0.3 is 0 Å². The first-order valence-corrected chi connectivity index (χ1v) is 7.74. The zero-order chi connectivity index (χ0) is 14.1. The van der Waals surface area contributed by atoms with Crippen molar-refractivity contribution in [1.29, 1.82) is 0 Å². The number of rotatable bonds is 12. The summed E-state index contributed by atoms with van der Waals surface area (Å²) < 4.78 is 5.60. The summed E-state index contributed by atoms with van der Waals surface area (Å²) in [6.45, 7) is 5.68. The highest BCUT2D eigenvalue weighted by molar-refractivity contribution is 5.84. The monoisotopic (exact) mass is 270 g/mol. The number of unbranched alkanes of at least 4 members (excludes halogenated alkanes) is 3. The molecular weight excluding hydrogens is 240 g/mol. The normalized spacial score (nSPS) is 18.2. The molecule has 1 amide bonds. The lowest BCUT2D eigenvalue weighted by atomic mass is 9.95. The Morgan fingerprint density at radius 2 is 1.95 bits per heavy atom. The standard InChI is InChI=1S/C15H30N2O2/c1-3-4-5-6-11-19-12-7-10-15(2,14(16)18)17-13-8-9-13/h13,17H,3-12H2,1-2H3,(H2,16,18). The summed E-state index contributed by atoms with van der Waals surface area (Å²) in [4.78, 5) is 11.5. The second-order valence-electron chi connectivity index (χ2n) is 5.89. The van der Waals surface area contributed by atoms with Gasteiger partial charge in [-0.3, -0.25) is 4.79 Å². The van der Waals surface area contributed by atoms with Crippen LogP contribution < -0.4 is 11.1 Å². The molecule has 1 unspecified atom stereocenters. The molecule has 0 heterocycles. The van der Waals surface area contributed by atoms with Gasteiger partial charge in [0.1, 0.15) is 0 Å². The number of primary amides is 1. The molecule has 1 aliphatic carbocycles. The summed E-state index contributed by atoms with van der Waals surface area (Å²) >= 11 is 0. The van der Waals surface area contributed by atoms with Crippen LogP contribution in [0.25, 0.3) is 0 Å². The SMILES string of the molecule is CCCCCCOCCCC(C)(NC1CC1)C(N)=O. The first-order chi connectivity index (χ1) is 9.08. The highest BCUT2D eigenvalue weighted by Crippen LogP contribution is 2.24. The van der Waals surface area contributed by atoms with Crippen molar-refractivity contribution < 1.29 is 9.53 Å². The van der Waals surface area contributed by atoms with Crippen molar-refractivity contribution in [3.05, 3.63) is 0 Å². The van der Waals surface area contributed by atoms with E-state index < -0.39 is 5.54 Å². The zero-order valence-corrected chi connectivity index (χ0v) is 12.5. The van der Waals surface area contributed by atoms with E-state index in [9.17, 15) is 4.79 Å². The van der Waals surface area contributed by atoms with Gasteiger partial charge in [-0.15, -0.1) is 0 Å². The second kappa shape index (κ2) is 8.54. The van der Waals surface area contributed by atoms with Crippen molar-refractivity contribution >= 4 is 5.91 Å². The van der Waals surface area contributed by atoms with E-state index in [1.807, 2.05) is 6.92 Å². The molecule has 1 atom stereocenters. The molecule has 1 rings (SSSR count). The van der Waals surface area contributed by atoms with E-state index >= 15 is 0 Å². The quantitative estimate of drug-likeness (QED) is 0.535. The molecule has 0 saturated heterocycles. The Morgan fingerprint density at radius 1 is 1.26 bits per heavy atom. The van der Waals surface area contributed by atoms with Gasteiger partial charge in [0.2, 0.25) is 5.91 Å². The molecule has 1 saturated carbocycles. The average molecular weight is 270 g/mol. The van der Waals surface area contributed by atoms with Gasteiger partial charge in [0, 0.05) is 19.3 Å². The Hall–Kier alpha value is -0.610. The van der Waals surface area contributed by atoms with Crippen molar-refractivity contribution in [2.45, 2.75) is 76.8 Å². The van der Waals surface area contributed by atoms with Crippen molar-refractivity contribution in [3.8, 4) is 0 Å². The van der Waals surface area contributed by atoms with E-state index in [0.717, 1.165) is 45.3 Å². The first-order valence-electron chi connectivity index (χ1n) is 7.74. The molecule has 19 heavy (non-hydrogen) atoms. The molecule has 0 radical (unpaired) electrons. The fourth-order valence-corrected chi connectivity index (χ4v) is 2.21. The lowest BCUT2D eigenvalue weighted by molar-refractivity contribution is -0.124. The number of ether oxygens (including phenoxy) is 1. The Morgan fingerprint density at radius 3 is 2.53 bits per heavy atom. The van der Waals surface area contributed by atoms with E-state index in [2.05, 4.69) is 12.2 Å². The molecule has 1 fully saturated rings. The largest absolute Gasteiger partial charge is 0.381 e. The third kappa shape index (κ3) is 6.92. The number of hydrogen-bond acceptors (Lipinski definition) is 3. The van der Waals surface area contributed by atoms with Crippen LogP contribution in [-0.2, 0) is 9.53 Å². The van der Waals surface area contributed by atoms with Crippen LogP contribution in [0.5, 0.6) is 0 Å². The Labute approximate surface area is 117 Å². The number of nitrogens with one attached hydrogen (secondary N) is 1. The summed E-state index contributed by atoms with van der Waals surface area (Å²) in [5.41, 5.74) is 4.94. The average Bonchev–Trinajstić information content (AvgIpc) is 3.16. The van der Waals surface area contributed by atoms with E-state index in [0.29, 0.717) is 6.04 Å². The third-order valence-corrected chi connectivity index (χ3v) is 3.75. The predicted octanol–water partition coefficient (Wildman–Crippen LogP) is 2.36. The summed E-state index contributed by atoms with van der Waals surface area (Å²) in [6.07, 6.45) is 8.90. The van der Waals surface area contributed by atoms with Crippen LogP contribution in [0.15, 0.2) is 0 Å². The van der Waals surface area contributed by atoms with Gasteiger partial charge in [0.05, 0.1) is 5.54 Å². The smallest absolute Gasteiger partial charge is 0.237 e. The molecule has 4 nitrogen and oxygen atoms in total. The Bertz CT molecular complexity index is 267. The van der Waals surface area contributed by atoms with Crippen molar-refractivity contribution in [3.63, 3.8) is 0 Å². The van der Waals surface area contributed by atoms with Gasteiger partial charge in [-0.1, -0.05) is 26.2 Å². The Balaban J connectivity index is 2.06.